The lowest BCUT2D eigenvalue weighted by atomic mass is 9.99. The summed E-state index contributed by atoms with van der Waals surface area (Å²) in [5, 5.41) is 29.3. The maximum atomic E-state index is 11.7. The van der Waals surface area contributed by atoms with E-state index in [1.165, 1.54) is 32.8 Å². The molecule has 0 amide bonds. The zero-order valence-corrected chi connectivity index (χ0v) is 14.7. The molecule has 7 nitrogen and oxygen atoms in total. The van der Waals surface area contributed by atoms with Gasteiger partial charge in [0.15, 0.2) is 6.29 Å². The molecule has 0 radical (unpaired) electrons. The van der Waals surface area contributed by atoms with Crippen LogP contribution in [0.1, 0.15) is 58.3 Å². The number of ether oxygens (including phenoxy) is 3. The second-order valence-electron chi connectivity index (χ2n) is 6.30. The molecule has 1 saturated heterocycles. The Kier molecular flexibility index (Phi) is 10.4. The van der Waals surface area contributed by atoms with Gasteiger partial charge in [0.05, 0.1) is 0 Å². The number of carbonyl (C=O) groups is 1. The van der Waals surface area contributed by atoms with Gasteiger partial charge in [0.25, 0.3) is 0 Å². The molecule has 5 atom stereocenters. The molecule has 1 aliphatic rings. The predicted molar refractivity (Wildman–Crippen MR) is 87.3 cm³/mol. The van der Waals surface area contributed by atoms with Gasteiger partial charge in [-0.3, -0.25) is 4.79 Å². The van der Waals surface area contributed by atoms with Crippen molar-refractivity contribution in [3.8, 4) is 0 Å². The van der Waals surface area contributed by atoms with Crippen LogP contribution in [-0.4, -0.2) is 65.7 Å². The minimum absolute atomic E-state index is 0.180. The van der Waals surface area contributed by atoms with Crippen LogP contribution in [0.25, 0.3) is 0 Å². The first-order valence-corrected chi connectivity index (χ1v) is 8.89. The minimum atomic E-state index is -1.41. The van der Waals surface area contributed by atoms with Gasteiger partial charge in [0.2, 0.25) is 0 Å². The van der Waals surface area contributed by atoms with Crippen LogP contribution in [0.15, 0.2) is 0 Å². The van der Waals surface area contributed by atoms with E-state index in [2.05, 4.69) is 6.92 Å². The molecule has 0 bridgehead atoms. The van der Waals surface area contributed by atoms with Crippen LogP contribution in [0.3, 0.4) is 0 Å². The molecule has 142 valence electrons. The molecule has 0 saturated carbocycles. The highest BCUT2D eigenvalue weighted by Crippen LogP contribution is 2.22. The van der Waals surface area contributed by atoms with Crippen LogP contribution in [-0.2, 0) is 19.0 Å². The number of carbonyl (C=O) groups excluding carboxylic acids is 1. The minimum Gasteiger partial charge on any atom is -0.463 e. The summed E-state index contributed by atoms with van der Waals surface area (Å²) in [5.41, 5.74) is 0. The zero-order valence-electron chi connectivity index (χ0n) is 14.7. The van der Waals surface area contributed by atoms with Crippen molar-refractivity contribution in [1.82, 2.24) is 0 Å². The van der Waals surface area contributed by atoms with E-state index >= 15 is 0 Å². The molecule has 0 aromatic carbocycles. The van der Waals surface area contributed by atoms with Crippen molar-refractivity contribution in [2.45, 2.75) is 89.0 Å². The lowest BCUT2D eigenvalue weighted by molar-refractivity contribution is -0.295. The van der Waals surface area contributed by atoms with E-state index in [-0.39, 0.29) is 12.6 Å². The van der Waals surface area contributed by atoms with Gasteiger partial charge in [-0.1, -0.05) is 45.4 Å². The summed E-state index contributed by atoms with van der Waals surface area (Å²) >= 11 is 0. The van der Waals surface area contributed by atoms with Crippen molar-refractivity contribution in [2.75, 3.05) is 13.7 Å². The van der Waals surface area contributed by atoms with Crippen molar-refractivity contribution < 1.29 is 34.3 Å². The lowest BCUT2D eigenvalue weighted by Gasteiger charge is -2.39. The Morgan fingerprint density at radius 3 is 2.21 bits per heavy atom. The molecule has 1 fully saturated rings. The number of methoxy groups -OCH3 is 1. The number of hydrogen-bond acceptors (Lipinski definition) is 7. The van der Waals surface area contributed by atoms with E-state index in [1.807, 2.05) is 0 Å². The van der Waals surface area contributed by atoms with Crippen molar-refractivity contribution in [3.05, 3.63) is 0 Å². The summed E-state index contributed by atoms with van der Waals surface area (Å²) in [4.78, 5) is 11.7. The summed E-state index contributed by atoms with van der Waals surface area (Å²) in [7, 11) is 1.32. The molecule has 24 heavy (non-hydrogen) atoms. The topological polar surface area (TPSA) is 105 Å². The summed E-state index contributed by atoms with van der Waals surface area (Å²) in [5.74, 6) is -0.353. The largest absolute Gasteiger partial charge is 0.463 e. The summed E-state index contributed by atoms with van der Waals surface area (Å²) in [6, 6.07) is 0. The Balaban J connectivity index is 2.19. The highest BCUT2D eigenvalue weighted by atomic mass is 16.7. The molecule has 1 aliphatic heterocycles. The number of aliphatic hydroxyl groups excluding tert-OH is 3. The van der Waals surface area contributed by atoms with Gasteiger partial charge in [-0.15, -0.1) is 0 Å². The SMILES string of the molecule is CCCCCCCCCC(=O)OC[C@H]1O[C@H](OC)[C@H](O)[C@@H](O)[C@@H]1O. The summed E-state index contributed by atoms with van der Waals surface area (Å²) in [6.07, 6.45) is 2.08. The highest BCUT2D eigenvalue weighted by Gasteiger charge is 2.44. The van der Waals surface area contributed by atoms with E-state index in [0.29, 0.717) is 6.42 Å². The molecule has 1 rings (SSSR count). The number of rotatable bonds is 11. The van der Waals surface area contributed by atoms with E-state index < -0.39 is 30.7 Å². The second kappa shape index (κ2) is 11.8. The molecule has 0 aromatic heterocycles. The molecule has 0 aromatic rings. The van der Waals surface area contributed by atoms with Crippen LogP contribution in [0.2, 0.25) is 0 Å². The third kappa shape index (κ3) is 7.03. The predicted octanol–water partition coefficient (Wildman–Crippen LogP) is 1.12. The van der Waals surface area contributed by atoms with Gasteiger partial charge < -0.3 is 29.5 Å². The van der Waals surface area contributed by atoms with Crippen LogP contribution in [0.5, 0.6) is 0 Å². The average molecular weight is 348 g/mol. The number of hydrogen-bond donors (Lipinski definition) is 3. The van der Waals surface area contributed by atoms with Crippen LogP contribution < -0.4 is 0 Å². The Bertz CT molecular complexity index is 348. The first kappa shape index (κ1) is 21.3. The van der Waals surface area contributed by atoms with Crippen molar-refractivity contribution in [3.63, 3.8) is 0 Å². The molecule has 3 N–H and O–H groups in total. The van der Waals surface area contributed by atoms with E-state index in [4.69, 9.17) is 14.2 Å². The third-order valence-electron chi connectivity index (χ3n) is 4.29. The molecule has 0 unspecified atom stereocenters. The van der Waals surface area contributed by atoms with Gasteiger partial charge >= 0.3 is 5.97 Å². The fraction of sp³-hybridized carbons (Fsp3) is 0.941. The third-order valence-corrected chi connectivity index (χ3v) is 4.29. The maximum Gasteiger partial charge on any atom is 0.305 e. The highest BCUT2D eigenvalue weighted by molar-refractivity contribution is 5.69. The van der Waals surface area contributed by atoms with Crippen LogP contribution in [0.4, 0.5) is 0 Å². The van der Waals surface area contributed by atoms with Gasteiger partial charge in [0.1, 0.15) is 31.0 Å². The Morgan fingerprint density at radius 2 is 1.58 bits per heavy atom. The average Bonchev–Trinajstić information content (AvgIpc) is 2.58. The molecular formula is C17H32O7. The molecule has 0 aliphatic carbocycles. The van der Waals surface area contributed by atoms with Crippen LogP contribution >= 0.6 is 0 Å². The number of unbranched alkanes of at least 4 members (excludes halogenated alkanes) is 6. The standard InChI is InChI=1S/C17H32O7/c1-3-4-5-6-7-8-9-10-13(18)23-11-12-14(19)15(20)16(21)17(22-2)24-12/h12,14-17,19-21H,3-11H2,1-2H3/t12-,14-,15+,16-,17+/m1/s1. The van der Waals surface area contributed by atoms with Gasteiger partial charge in [0, 0.05) is 13.5 Å². The maximum absolute atomic E-state index is 11.7. The molecule has 1 heterocycles. The number of aliphatic hydroxyl groups is 3. The van der Waals surface area contributed by atoms with E-state index in [1.54, 1.807) is 0 Å². The van der Waals surface area contributed by atoms with Gasteiger partial charge in [-0.2, -0.15) is 0 Å². The fourth-order valence-corrected chi connectivity index (χ4v) is 2.72. The first-order chi connectivity index (χ1) is 11.5. The van der Waals surface area contributed by atoms with Gasteiger partial charge in [-0.25, -0.2) is 0 Å². The smallest absolute Gasteiger partial charge is 0.305 e. The normalized spacial score (nSPS) is 30.3. The molecule has 7 heteroatoms. The molecular weight excluding hydrogens is 316 g/mol. The Hall–Kier alpha value is -0.730. The van der Waals surface area contributed by atoms with Crippen molar-refractivity contribution in [1.29, 1.82) is 0 Å². The van der Waals surface area contributed by atoms with Crippen molar-refractivity contribution >= 4 is 5.97 Å². The Labute approximate surface area is 143 Å². The quantitative estimate of drug-likeness (QED) is 0.379. The Morgan fingerprint density at radius 1 is 0.958 bits per heavy atom. The lowest BCUT2D eigenvalue weighted by Crippen LogP contribution is -2.59. The van der Waals surface area contributed by atoms with Crippen molar-refractivity contribution in [2.24, 2.45) is 0 Å². The fourth-order valence-electron chi connectivity index (χ4n) is 2.72. The molecule has 0 spiro atoms. The first-order valence-electron chi connectivity index (χ1n) is 8.89. The number of esters is 1. The summed E-state index contributed by atoms with van der Waals surface area (Å²) < 4.78 is 15.3. The van der Waals surface area contributed by atoms with Crippen LogP contribution in [0, 0.1) is 0 Å². The van der Waals surface area contributed by atoms with E-state index in [9.17, 15) is 20.1 Å². The zero-order chi connectivity index (χ0) is 17.9. The van der Waals surface area contributed by atoms with Gasteiger partial charge in [-0.05, 0) is 6.42 Å². The summed E-state index contributed by atoms with van der Waals surface area (Å²) in [6.45, 7) is 2.00. The monoisotopic (exact) mass is 348 g/mol. The van der Waals surface area contributed by atoms with E-state index in [0.717, 1.165) is 19.3 Å². The second-order valence-corrected chi connectivity index (χ2v) is 6.30.